The third-order valence-electron chi connectivity index (χ3n) is 2.78. The summed E-state index contributed by atoms with van der Waals surface area (Å²) in [6.45, 7) is 1.63. The van der Waals surface area contributed by atoms with Crippen LogP contribution in [0.4, 0.5) is 32.0 Å². The monoisotopic (exact) mass is 377 g/mol. The molecular formula is C13H14BrF6N. The Labute approximate surface area is 126 Å². The van der Waals surface area contributed by atoms with E-state index in [0.29, 0.717) is 0 Å². The first-order valence-electron chi connectivity index (χ1n) is 6.19. The van der Waals surface area contributed by atoms with Crippen LogP contribution in [0.25, 0.3) is 0 Å². The second-order valence-corrected chi connectivity index (χ2v) is 5.60. The molecule has 0 amide bonds. The van der Waals surface area contributed by atoms with Crippen molar-refractivity contribution in [2.24, 2.45) is 0 Å². The van der Waals surface area contributed by atoms with E-state index >= 15 is 0 Å². The number of benzene rings is 1. The highest BCUT2D eigenvalue weighted by atomic mass is 79.9. The lowest BCUT2D eigenvalue weighted by Crippen LogP contribution is -2.17. The molecule has 0 bridgehead atoms. The van der Waals surface area contributed by atoms with E-state index < -0.39 is 24.3 Å². The Morgan fingerprint density at radius 2 is 1.76 bits per heavy atom. The van der Waals surface area contributed by atoms with Gasteiger partial charge in [-0.1, -0.05) is 15.9 Å². The van der Waals surface area contributed by atoms with Crippen molar-refractivity contribution in [1.82, 2.24) is 0 Å². The van der Waals surface area contributed by atoms with Gasteiger partial charge in [-0.05, 0) is 38.0 Å². The second kappa shape index (κ2) is 6.89. The standard InChI is InChI=1S/C13H14BrF6N/c1-8(3-2-6-12(15,16)17)21-9-4-5-11(14)10(7-9)13(18,19)20/h4-5,7-8,21H,2-3,6H2,1H3. The van der Waals surface area contributed by atoms with Crippen LogP contribution in [0.2, 0.25) is 0 Å². The highest BCUT2D eigenvalue weighted by Gasteiger charge is 2.33. The first-order valence-corrected chi connectivity index (χ1v) is 6.98. The molecule has 0 aliphatic carbocycles. The molecule has 0 spiro atoms. The zero-order valence-corrected chi connectivity index (χ0v) is 12.7. The Morgan fingerprint density at radius 3 is 2.29 bits per heavy atom. The molecule has 1 rings (SSSR count). The minimum Gasteiger partial charge on any atom is -0.383 e. The molecule has 0 saturated heterocycles. The smallest absolute Gasteiger partial charge is 0.383 e. The van der Waals surface area contributed by atoms with Gasteiger partial charge in [-0.25, -0.2) is 0 Å². The summed E-state index contributed by atoms with van der Waals surface area (Å²) < 4.78 is 74.1. The molecule has 0 radical (unpaired) electrons. The molecule has 1 aromatic rings. The lowest BCUT2D eigenvalue weighted by molar-refractivity contribution is -0.138. The summed E-state index contributed by atoms with van der Waals surface area (Å²) in [5.74, 6) is 0. The maximum Gasteiger partial charge on any atom is 0.417 e. The fourth-order valence-electron chi connectivity index (χ4n) is 1.80. The summed E-state index contributed by atoms with van der Waals surface area (Å²) >= 11 is 2.82. The van der Waals surface area contributed by atoms with Crippen LogP contribution in [0, 0.1) is 0 Å². The number of anilines is 1. The van der Waals surface area contributed by atoms with Crippen LogP contribution in [0.1, 0.15) is 31.7 Å². The Morgan fingerprint density at radius 1 is 1.14 bits per heavy atom. The average molecular weight is 378 g/mol. The van der Waals surface area contributed by atoms with Crippen molar-refractivity contribution >= 4 is 21.6 Å². The van der Waals surface area contributed by atoms with Crippen LogP contribution in [0.5, 0.6) is 0 Å². The number of halogens is 7. The van der Waals surface area contributed by atoms with Crippen molar-refractivity contribution in [3.63, 3.8) is 0 Å². The van der Waals surface area contributed by atoms with Crippen LogP contribution >= 0.6 is 15.9 Å². The van der Waals surface area contributed by atoms with E-state index in [1.165, 1.54) is 12.1 Å². The second-order valence-electron chi connectivity index (χ2n) is 4.75. The van der Waals surface area contributed by atoms with Crippen LogP contribution < -0.4 is 5.32 Å². The zero-order valence-electron chi connectivity index (χ0n) is 11.1. The molecule has 1 unspecified atom stereocenters. The van der Waals surface area contributed by atoms with Crippen LogP contribution in [-0.2, 0) is 6.18 Å². The molecule has 8 heteroatoms. The molecular weight excluding hydrogens is 364 g/mol. The summed E-state index contributed by atoms with van der Waals surface area (Å²) in [7, 11) is 0. The highest BCUT2D eigenvalue weighted by Crippen LogP contribution is 2.36. The Balaban J connectivity index is 2.63. The first-order chi connectivity index (χ1) is 9.49. The molecule has 120 valence electrons. The SMILES string of the molecule is CC(CCCC(F)(F)F)Nc1ccc(Br)c(C(F)(F)F)c1. The fourth-order valence-corrected chi connectivity index (χ4v) is 2.27. The highest BCUT2D eigenvalue weighted by molar-refractivity contribution is 9.10. The van der Waals surface area contributed by atoms with Gasteiger partial charge < -0.3 is 5.32 Å². The van der Waals surface area contributed by atoms with Gasteiger partial charge in [-0.2, -0.15) is 26.3 Å². The van der Waals surface area contributed by atoms with Gasteiger partial charge in [0.15, 0.2) is 0 Å². The van der Waals surface area contributed by atoms with E-state index in [-0.39, 0.29) is 29.0 Å². The lowest BCUT2D eigenvalue weighted by atomic mass is 10.1. The molecule has 1 atom stereocenters. The van der Waals surface area contributed by atoms with Gasteiger partial charge in [-0.3, -0.25) is 0 Å². The van der Waals surface area contributed by atoms with Crippen molar-refractivity contribution in [3.8, 4) is 0 Å². The number of nitrogens with one attached hydrogen (secondary N) is 1. The first kappa shape index (κ1) is 18.1. The molecule has 0 heterocycles. The summed E-state index contributed by atoms with van der Waals surface area (Å²) in [5.41, 5.74) is -0.597. The number of alkyl halides is 6. The van der Waals surface area contributed by atoms with Crippen LogP contribution in [0.15, 0.2) is 22.7 Å². The quantitative estimate of drug-likeness (QED) is 0.620. The maximum atomic E-state index is 12.7. The topological polar surface area (TPSA) is 12.0 Å². The molecule has 0 fully saturated rings. The van der Waals surface area contributed by atoms with Gasteiger partial charge in [0, 0.05) is 22.6 Å². The number of hydrogen-bond donors (Lipinski definition) is 1. The number of hydrogen-bond acceptors (Lipinski definition) is 1. The largest absolute Gasteiger partial charge is 0.417 e. The van der Waals surface area contributed by atoms with Crippen molar-refractivity contribution in [3.05, 3.63) is 28.2 Å². The van der Waals surface area contributed by atoms with E-state index in [2.05, 4.69) is 21.2 Å². The van der Waals surface area contributed by atoms with E-state index in [9.17, 15) is 26.3 Å². The number of rotatable bonds is 5. The van der Waals surface area contributed by atoms with Crippen molar-refractivity contribution in [2.75, 3.05) is 5.32 Å². The normalized spacial score (nSPS) is 14.1. The summed E-state index contributed by atoms with van der Waals surface area (Å²) in [4.78, 5) is 0. The molecule has 1 aromatic carbocycles. The Bertz CT molecular complexity index is 469. The average Bonchev–Trinajstić information content (AvgIpc) is 2.28. The zero-order chi connectivity index (χ0) is 16.3. The minimum atomic E-state index is -4.49. The summed E-state index contributed by atoms with van der Waals surface area (Å²) in [6.07, 6.45) is -9.44. The third-order valence-corrected chi connectivity index (χ3v) is 3.47. The summed E-state index contributed by atoms with van der Waals surface area (Å²) in [5, 5.41) is 2.78. The molecule has 0 saturated carbocycles. The van der Waals surface area contributed by atoms with Gasteiger partial charge in [0.1, 0.15) is 0 Å². The van der Waals surface area contributed by atoms with Gasteiger partial charge in [0.2, 0.25) is 0 Å². The molecule has 1 N–H and O–H groups in total. The van der Waals surface area contributed by atoms with E-state index in [1.807, 2.05) is 0 Å². The van der Waals surface area contributed by atoms with E-state index in [1.54, 1.807) is 6.92 Å². The minimum absolute atomic E-state index is 0.0691. The Hall–Kier alpha value is -0.920. The van der Waals surface area contributed by atoms with E-state index in [4.69, 9.17) is 0 Å². The predicted molar refractivity (Wildman–Crippen MR) is 72.1 cm³/mol. The van der Waals surface area contributed by atoms with Gasteiger partial charge in [0.05, 0.1) is 5.56 Å². The maximum absolute atomic E-state index is 12.7. The molecule has 0 aliphatic heterocycles. The fraction of sp³-hybridized carbons (Fsp3) is 0.538. The van der Waals surface area contributed by atoms with Crippen LogP contribution in [0.3, 0.4) is 0 Å². The van der Waals surface area contributed by atoms with E-state index in [0.717, 1.165) is 6.07 Å². The van der Waals surface area contributed by atoms with Gasteiger partial charge >= 0.3 is 12.4 Å². The third kappa shape index (κ3) is 6.58. The molecule has 0 aromatic heterocycles. The van der Waals surface area contributed by atoms with Crippen molar-refractivity contribution in [1.29, 1.82) is 0 Å². The van der Waals surface area contributed by atoms with Crippen molar-refractivity contribution in [2.45, 2.75) is 44.6 Å². The lowest BCUT2D eigenvalue weighted by Gasteiger charge is -2.17. The van der Waals surface area contributed by atoms with Crippen molar-refractivity contribution < 1.29 is 26.3 Å². The molecule has 0 aliphatic rings. The molecule has 21 heavy (non-hydrogen) atoms. The Kier molecular flexibility index (Phi) is 5.95. The summed E-state index contributed by atoms with van der Waals surface area (Å²) in [6, 6.07) is 3.28. The van der Waals surface area contributed by atoms with Crippen LogP contribution in [-0.4, -0.2) is 12.2 Å². The van der Waals surface area contributed by atoms with Gasteiger partial charge in [0.25, 0.3) is 0 Å². The predicted octanol–water partition coefficient (Wildman–Crippen LogP) is 6.00. The molecule has 1 nitrogen and oxygen atoms in total. The van der Waals surface area contributed by atoms with Gasteiger partial charge in [-0.15, -0.1) is 0 Å².